The fourth-order valence-electron chi connectivity index (χ4n) is 1.55. The van der Waals surface area contributed by atoms with Crippen molar-refractivity contribution in [1.82, 2.24) is 20.1 Å². The molecule has 0 atom stereocenters. The molecule has 18 heavy (non-hydrogen) atoms. The number of rotatable bonds is 4. The molecule has 3 N–H and O–H groups in total. The molecule has 3 aromatic rings. The summed E-state index contributed by atoms with van der Waals surface area (Å²) in [5, 5.41) is 6.79. The van der Waals surface area contributed by atoms with Crippen LogP contribution in [0.2, 0.25) is 0 Å². The second-order valence-electron chi connectivity index (χ2n) is 3.67. The second-order valence-corrected chi connectivity index (χ2v) is 4.61. The van der Waals surface area contributed by atoms with Crippen LogP contribution in [0.5, 0.6) is 0 Å². The van der Waals surface area contributed by atoms with Crippen LogP contribution in [0.15, 0.2) is 28.2 Å². The molecule has 3 heterocycles. The van der Waals surface area contributed by atoms with Gasteiger partial charge in [0.1, 0.15) is 5.69 Å². The number of H-pyrrole nitrogens is 1. The lowest BCUT2D eigenvalue weighted by atomic mass is 10.4. The molecule has 0 aliphatic heterocycles. The van der Waals surface area contributed by atoms with Crippen LogP contribution in [-0.4, -0.2) is 26.7 Å². The largest absolute Gasteiger partial charge is 0.359 e. The third kappa shape index (κ3) is 2.05. The lowest BCUT2D eigenvalue weighted by Gasteiger charge is -1.87. The summed E-state index contributed by atoms with van der Waals surface area (Å²) in [4.78, 5) is 11.7. The van der Waals surface area contributed by atoms with E-state index in [4.69, 9.17) is 10.3 Å². The molecule has 0 aliphatic carbocycles. The number of aromatic amines is 1. The van der Waals surface area contributed by atoms with Gasteiger partial charge >= 0.3 is 0 Å². The van der Waals surface area contributed by atoms with E-state index in [0.29, 0.717) is 24.0 Å². The Kier molecular flexibility index (Phi) is 2.91. The zero-order chi connectivity index (χ0) is 12.4. The number of hydrogen-bond acceptors (Lipinski definition) is 6. The van der Waals surface area contributed by atoms with E-state index in [2.05, 4.69) is 20.1 Å². The molecular weight excluding hydrogens is 250 g/mol. The molecule has 0 spiro atoms. The molecule has 0 saturated carbocycles. The summed E-state index contributed by atoms with van der Waals surface area (Å²) in [6, 6.07) is 3.77. The van der Waals surface area contributed by atoms with Crippen LogP contribution >= 0.6 is 11.3 Å². The van der Waals surface area contributed by atoms with Gasteiger partial charge in [0.2, 0.25) is 5.82 Å². The maximum atomic E-state index is 5.49. The topological polar surface area (TPSA) is 93.6 Å². The molecule has 0 amide bonds. The van der Waals surface area contributed by atoms with Crippen molar-refractivity contribution in [2.24, 2.45) is 5.73 Å². The summed E-state index contributed by atoms with van der Waals surface area (Å²) in [7, 11) is 0. The van der Waals surface area contributed by atoms with E-state index in [1.807, 2.05) is 23.7 Å². The van der Waals surface area contributed by atoms with Crippen molar-refractivity contribution in [3.63, 3.8) is 0 Å². The van der Waals surface area contributed by atoms with Gasteiger partial charge in [0.15, 0.2) is 0 Å². The average Bonchev–Trinajstić information content (AvgIpc) is 3.10. The summed E-state index contributed by atoms with van der Waals surface area (Å²) in [5.74, 6) is 0.961. The molecule has 0 saturated heterocycles. The zero-order valence-electron chi connectivity index (χ0n) is 9.46. The highest BCUT2D eigenvalue weighted by Gasteiger charge is 2.13. The quantitative estimate of drug-likeness (QED) is 0.745. The first-order valence-corrected chi connectivity index (χ1v) is 6.37. The zero-order valence-corrected chi connectivity index (χ0v) is 10.3. The Hall–Kier alpha value is -1.99. The van der Waals surface area contributed by atoms with E-state index in [0.717, 1.165) is 17.1 Å². The summed E-state index contributed by atoms with van der Waals surface area (Å²) < 4.78 is 5.20. The number of nitrogens with zero attached hydrogens (tertiary/aromatic N) is 3. The van der Waals surface area contributed by atoms with Gasteiger partial charge in [0.25, 0.3) is 5.89 Å². The summed E-state index contributed by atoms with van der Waals surface area (Å²) in [6.07, 6.45) is 2.58. The third-order valence-corrected chi connectivity index (χ3v) is 3.30. The molecule has 3 rings (SSSR count). The Morgan fingerprint density at radius 3 is 3.11 bits per heavy atom. The minimum absolute atomic E-state index is 0.430. The number of hydrogen-bond donors (Lipinski definition) is 2. The van der Waals surface area contributed by atoms with Gasteiger partial charge in [-0.2, -0.15) is 4.98 Å². The van der Waals surface area contributed by atoms with E-state index in [1.165, 1.54) is 0 Å². The van der Waals surface area contributed by atoms with E-state index >= 15 is 0 Å². The first-order valence-electron chi connectivity index (χ1n) is 5.49. The molecule has 7 heteroatoms. The maximum absolute atomic E-state index is 5.49. The molecule has 0 fully saturated rings. The summed E-state index contributed by atoms with van der Waals surface area (Å²) in [5.41, 5.74) is 7.01. The molecule has 0 aliphatic rings. The van der Waals surface area contributed by atoms with E-state index in [9.17, 15) is 0 Å². The lowest BCUT2D eigenvalue weighted by Crippen LogP contribution is -2.01. The maximum Gasteiger partial charge on any atom is 0.277 e. The highest BCUT2D eigenvalue weighted by atomic mass is 32.1. The Morgan fingerprint density at radius 2 is 2.33 bits per heavy atom. The van der Waals surface area contributed by atoms with Crippen molar-refractivity contribution in [3.8, 4) is 23.1 Å². The normalized spacial score (nSPS) is 10.9. The minimum atomic E-state index is 0.430. The molecule has 0 unspecified atom stereocenters. The fraction of sp³-hybridized carbons (Fsp3) is 0.182. The summed E-state index contributed by atoms with van der Waals surface area (Å²) >= 11 is 1.55. The first-order chi connectivity index (χ1) is 8.86. The van der Waals surface area contributed by atoms with Crippen LogP contribution in [-0.2, 0) is 6.42 Å². The van der Waals surface area contributed by atoms with Crippen LogP contribution in [0, 0.1) is 0 Å². The average molecular weight is 261 g/mol. The van der Waals surface area contributed by atoms with Crippen molar-refractivity contribution < 1.29 is 4.52 Å². The predicted octanol–water partition coefficient (Wildman–Crippen LogP) is 1.69. The predicted molar refractivity (Wildman–Crippen MR) is 68.0 cm³/mol. The number of thiazole rings is 1. The standard InChI is InChI=1S/C11H11N5OS/c12-4-3-9-14-8(6-18-9)11-15-10(16-17-11)7-2-1-5-13-7/h1-2,5-6,13H,3-4,12H2. The van der Waals surface area contributed by atoms with Crippen molar-refractivity contribution in [3.05, 3.63) is 28.7 Å². The van der Waals surface area contributed by atoms with Crippen LogP contribution in [0.3, 0.4) is 0 Å². The smallest absolute Gasteiger partial charge is 0.277 e. The monoisotopic (exact) mass is 261 g/mol. The van der Waals surface area contributed by atoms with Crippen LogP contribution in [0.25, 0.3) is 23.1 Å². The summed E-state index contributed by atoms with van der Waals surface area (Å²) in [6.45, 7) is 0.588. The Labute approximate surface area is 107 Å². The van der Waals surface area contributed by atoms with Gasteiger partial charge in [-0.05, 0) is 18.7 Å². The highest BCUT2D eigenvalue weighted by molar-refractivity contribution is 7.09. The van der Waals surface area contributed by atoms with E-state index in [1.54, 1.807) is 11.3 Å². The molecule has 0 radical (unpaired) electrons. The van der Waals surface area contributed by atoms with Crippen LogP contribution in [0.4, 0.5) is 0 Å². The van der Waals surface area contributed by atoms with Gasteiger partial charge in [-0.15, -0.1) is 11.3 Å². The van der Waals surface area contributed by atoms with Gasteiger partial charge in [0, 0.05) is 18.0 Å². The number of aromatic nitrogens is 4. The molecule has 0 bridgehead atoms. The van der Waals surface area contributed by atoms with Gasteiger partial charge in [-0.25, -0.2) is 4.98 Å². The van der Waals surface area contributed by atoms with Gasteiger partial charge in [0.05, 0.1) is 10.7 Å². The van der Waals surface area contributed by atoms with Gasteiger partial charge < -0.3 is 15.2 Å². The third-order valence-electron chi connectivity index (χ3n) is 2.39. The minimum Gasteiger partial charge on any atom is -0.359 e. The fourth-order valence-corrected chi connectivity index (χ4v) is 2.34. The van der Waals surface area contributed by atoms with Crippen LogP contribution < -0.4 is 5.73 Å². The molecule has 0 aromatic carbocycles. The Balaban J connectivity index is 1.88. The van der Waals surface area contributed by atoms with Crippen molar-refractivity contribution in [1.29, 1.82) is 0 Å². The second kappa shape index (κ2) is 4.71. The number of nitrogens with two attached hydrogens (primary N) is 1. The molecule has 6 nitrogen and oxygen atoms in total. The van der Waals surface area contributed by atoms with Crippen LogP contribution in [0.1, 0.15) is 5.01 Å². The van der Waals surface area contributed by atoms with Crippen molar-refractivity contribution in [2.75, 3.05) is 6.54 Å². The van der Waals surface area contributed by atoms with E-state index < -0.39 is 0 Å². The Morgan fingerprint density at radius 1 is 1.39 bits per heavy atom. The Bertz CT molecular complexity index is 627. The van der Waals surface area contributed by atoms with E-state index in [-0.39, 0.29) is 0 Å². The SMILES string of the molecule is NCCc1nc(-c2nc(-c3ccc[nH]3)no2)cs1. The highest BCUT2D eigenvalue weighted by Crippen LogP contribution is 2.23. The molecule has 92 valence electrons. The molecular formula is C11H11N5OS. The number of nitrogens with one attached hydrogen (secondary N) is 1. The lowest BCUT2D eigenvalue weighted by molar-refractivity contribution is 0.431. The van der Waals surface area contributed by atoms with Gasteiger partial charge in [-0.1, -0.05) is 5.16 Å². The first kappa shape index (κ1) is 11.1. The van der Waals surface area contributed by atoms with Crippen molar-refractivity contribution >= 4 is 11.3 Å². The van der Waals surface area contributed by atoms with Gasteiger partial charge in [-0.3, -0.25) is 0 Å². The molecule has 3 aromatic heterocycles. The van der Waals surface area contributed by atoms with Crippen molar-refractivity contribution in [2.45, 2.75) is 6.42 Å².